The number of ether oxygens (including phenoxy) is 1. The lowest BCUT2D eigenvalue weighted by Gasteiger charge is -2.57. The highest BCUT2D eigenvalue weighted by Gasteiger charge is 2.56. The number of hydrogen-bond donors (Lipinski definition) is 2. The van der Waals surface area contributed by atoms with Gasteiger partial charge < -0.3 is 14.9 Å². The molecule has 2 N–H and O–H groups in total. The number of aliphatic hydroxyl groups excluding tert-OH is 2. The fourth-order valence-corrected chi connectivity index (χ4v) is 5.32. The van der Waals surface area contributed by atoms with Crippen molar-refractivity contribution in [2.75, 3.05) is 13.7 Å². The molecule has 0 aromatic heterocycles. The highest BCUT2D eigenvalue weighted by atomic mass is 16.5. The van der Waals surface area contributed by atoms with E-state index in [9.17, 15) is 10.2 Å². The molecule has 3 aliphatic rings. The standard InChI is InChI=1S/C19H27NO3/c1-23-14-5-3-13(4-6-14)11-16-18(22)15-12-19(9-7-17(15)21)8-2-10-20(16)19/h3-6,15-18,21-22H,2,7-12H2,1H3/t15-,16+,17-,18+,19-/m1/s1. The highest BCUT2D eigenvalue weighted by molar-refractivity contribution is 5.28. The number of nitrogens with zero attached hydrogens (tertiary/aromatic N) is 1. The Morgan fingerprint density at radius 3 is 2.74 bits per heavy atom. The summed E-state index contributed by atoms with van der Waals surface area (Å²) in [5.74, 6) is 0.907. The van der Waals surface area contributed by atoms with Crippen molar-refractivity contribution < 1.29 is 14.9 Å². The van der Waals surface area contributed by atoms with Crippen LogP contribution in [0.5, 0.6) is 5.75 Å². The zero-order valence-corrected chi connectivity index (χ0v) is 13.8. The van der Waals surface area contributed by atoms with Gasteiger partial charge in [-0.3, -0.25) is 4.90 Å². The molecule has 1 aliphatic carbocycles. The van der Waals surface area contributed by atoms with E-state index in [0.29, 0.717) is 0 Å². The first-order valence-corrected chi connectivity index (χ1v) is 8.89. The maximum atomic E-state index is 10.9. The minimum absolute atomic E-state index is 0.0429. The van der Waals surface area contributed by atoms with E-state index in [1.54, 1.807) is 7.11 Å². The zero-order chi connectivity index (χ0) is 16.0. The molecule has 2 heterocycles. The van der Waals surface area contributed by atoms with Gasteiger partial charge in [-0.25, -0.2) is 0 Å². The van der Waals surface area contributed by atoms with Gasteiger partial charge in [0.25, 0.3) is 0 Å². The molecule has 1 aromatic carbocycles. The summed E-state index contributed by atoms with van der Waals surface area (Å²) in [7, 11) is 1.68. The predicted octanol–water partition coefficient (Wildman–Crippen LogP) is 1.98. The largest absolute Gasteiger partial charge is 0.497 e. The molecule has 1 aromatic rings. The van der Waals surface area contributed by atoms with Crippen molar-refractivity contribution in [3.05, 3.63) is 29.8 Å². The molecular weight excluding hydrogens is 290 g/mol. The fourth-order valence-electron chi connectivity index (χ4n) is 5.32. The lowest BCUT2D eigenvalue weighted by atomic mass is 9.65. The first kappa shape index (κ1) is 15.4. The van der Waals surface area contributed by atoms with Crippen molar-refractivity contribution in [1.82, 2.24) is 4.90 Å². The van der Waals surface area contributed by atoms with Gasteiger partial charge in [0.2, 0.25) is 0 Å². The van der Waals surface area contributed by atoms with E-state index in [2.05, 4.69) is 17.0 Å². The first-order chi connectivity index (χ1) is 11.1. The molecule has 0 unspecified atom stereocenters. The van der Waals surface area contributed by atoms with Gasteiger partial charge in [0.05, 0.1) is 19.3 Å². The Morgan fingerprint density at radius 2 is 2.00 bits per heavy atom. The molecule has 1 spiro atoms. The van der Waals surface area contributed by atoms with Gasteiger partial charge in [0, 0.05) is 17.5 Å². The van der Waals surface area contributed by atoms with E-state index >= 15 is 0 Å². The van der Waals surface area contributed by atoms with Crippen LogP contribution < -0.4 is 4.74 Å². The summed E-state index contributed by atoms with van der Waals surface area (Å²) in [6.45, 7) is 1.08. The van der Waals surface area contributed by atoms with Gasteiger partial charge in [-0.05, 0) is 62.8 Å². The van der Waals surface area contributed by atoms with Crippen LogP contribution >= 0.6 is 0 Å². The average molecular weight is 317 g/mol. The van der Waals surface area contributed by atoms with Gasteiger partial charge in [-0.1, -0.05) is 12.1 Å². The number of rotatable bonds is 3. The molecule has 4 heteroatoms. The monoisotopic (exact) mass is 317 g/mol. The van der Waals surface area contributed by atoms with Crippen molar-refractivity contribution in [3.63, 3.8) is 0 Å². The SMILES string of the molecule is COc1ccc(C[C@H]2[C@@H](O)[C@@H]3C[C@@]4(CCCN24)CC[C@H]3O)cc1. The number of benzene rings is 1. The molecule has 4 rings (SSSR count). The van der Waals surface area contributed by atoms with Crippen LogP contribution in [0, 0.1) is 5.92 Å². The van der Waals surface area contributed by atoms with Crippen LogP contribution in [0.15, 0.2) is 24.3 Å². The third-order valence-electron chi connectivity index (χ3n) is 6.50. The average Bonchev–Trinajstić information content (AvgIpc) is 2.98. The summed E-state index contributed by atoms with van der Waals surface area (Å²) in [6, 6.07) is 8.28. The highest BCUT2D eigenvalue weighted by Crippen LogP contribution is 2.51. The molecule has 4 nitrogen and oxygen atoms in total. The van der Waals surface area contributed by atoms with Gasteiger partial charge in [-0.2, -0.15) is 0 Å². The van der Waals surface area contributed by atoms with Crippen molar-refractivity contribution >= 4 is 0 Å². The first-order valence-electron chi connectivity index (χ1n) is 8.89. The summed E-state index contributed by atoms with van der Waals surface area (Å²) in [5, 5.41) is 21.3. The van der Waals surface area contributed by atoms with E-state index < -0.39 is 6.10 Å². The van der Waals surface area contributed by atoms with Gasteiger partial charge in [-0.15, -0.1) is 0 Å². The molecule has 2 aliphatic heterocycles. The molecule has 0 radical (unpaired) electrons. The molecule has 126 valence electrons. The summed E-state index contributed by atoms with van der Waals surface area (Å²) < 4.78 is 5.23. The molecule has 2 saturated heterocycles. The topological polar surface area (TPSA) is 52.9 Å². The Labute approximate surface area is 138 Å². The maximum Gasteiger partial charge on any atom is 0.118 e. The van der Waals surface area contributed by atoms with Crippen molar-refractivity contribution in [2.45, 2.75) is 62.3 Å². The van der Waals surface area contributed by atoms with E-state index in [0.717, 1.165) is 38.0 Å². The zero-order valence-electron chi connectivity index (χ0n) is 13.8. The Kier molecular flexibility index (Phi) is 3.87. The summed E-state index contributed by atoms with van der Waals surface area (Å²) in [6.07, 6.45) is 5.40. The number of methoxy groups -OCH3 is 1. The Bertz CT molecular complexity index is 560. The van der Waals surface area contributed by atoms with Gasteiger partial charge in [0.15, 0.2) is 0 Å². The third kappa shape index (κ3) is 2.48. The van der Waals surface area contributed by atoms with E-state index in [1.165, 1.54) is 18.4 Å². The second-order valence-corrected chi connectivity index (χ2v) is 7.61. The Balaban J connectivity index is 1.60. The number of aliphatic hydroxyl groups is 2. The Morgan fingerprint density at radius 1 is 1.22 bits per heavy atom. The van der Waals surface area contributed by atoms with Crippen LogP contribution in [0.4, 0.5) is 0 Å². The number of piperidine rings is 1. The van der Waals surface area contributed by atoms with Crippen molar-refractivity contribution in [2.24, 2.45) is 5.92 Å². The molecule has 0 amide bonds. The predicted molar refractivity (Wildman–Crippen MR) is 88.5 cm³/mol. The normalized spacial score (nSPS) is 40.0. The quantitative estimate of drug-likeness (QED) is 0.895. The van der Waals surface area contributed by atoms with Crippen LogP contribution in [0.1, 0.15) is 37.7 Å². The van der Waals surface area contributed by atoms with Crippen LogP contribution in [-0.2, 0) is 6.42 Å². The van der Waals surface area contributed by atoms with Gasteiger partial charge in [0.1, 0.15) is 5.75 Å². The maximum absolute atomic E-state index is 10.9. The number of hydrogen-bond acceptors (Lipinski definition) is 4. The fraction of sp³-hybridized carbons (Fsp3) is 0.684. The van der Waals surface area contributed by atoms with Gasteiger partial charge >= 0.3 is 0 Å². The molecule has 2 bridgehead atoms. The summed E-state index contributed by atoms with van der Waals surface area (Å²) in [5.41, 5.74) is 1.46. The molecule has 5 atom stereocenters. The third-order valence-corrected chi connectivity index (χ3v) is 6.50. The minimum atomic E-state index is -0.432. The lowest BCUT2D eigenvalue weighted by molar-refractivity contribution is -0.146. The van der Waals surface area contributed by atoms with Crippen LogP contribution in [0.2, 0.25) is 0 Å². The van der Waals surface area contributed by atoms with Crippen molar-refractivity contribution in [3.8, 4) is 5.75 Å². The van der Waals surface area contributed by atoms with E-state index in [4.69, 9.17) is 4.74 Å². The minimum Gasteiger partial charge on any atom is -0.497 e. The number of fused-ring (bicyclic) bond motifs is 1. The Hall–Kier alpha value is -1.10. The molecule has 23 heavy (non-hydrogen) atoms. The van der Waals surface area contributed by atoms with Crippen LogP contribution in [0.3, 0.4) is 0 Å². The van der Waals surface area contributed by atoms with E-state index in [1.807, 2.05) is 12.1 Å². The molecule has 3 fully saturated rings. The van der Waals surface area contributed by atoms with Crippen LogP contribution in [0.25, 0.3) is 0 Å². The second kappa shape index (κ2) is 5.76. The smallest absolute Gasteiger partial charge is 0.118 e. The molecular formula is C19H27NO3. The van der Waals surface area contributed by atoms with E-state index in [-0.39, 0.29) is 23.6 Å². The summed E-state index contributed by atoms with van der Waals surface area (Å²) >= 11 is 0. The second-order valence-electron chi connectivity index (χ2n) is 7.61. The molecule has 1 saturated carbocycles. The van der Waals surface area contributed by atoms with Crippen LogP contribution in [-0.4, -0.2) is 52.6 Å². The van der Waals surface area contributed by atoms with Crippen molar-refractivity contribution in [1.29, 1.82) is 0 Å². The summed E-state index contributed by atoms with van der Waals surface area (Å²) in [4.78, 5) is 2.57. The lowest BCUT2D eigenvalue weighted by Crippen LogP contribution is -2.66.